The average Bonchev–Trinajstić information content (AvgIpc) is 2.90. The highest BCUT2D eigenvalue weighted by molar-refractivity contribution is 7.89. The number of sulfonamides is 1. The number of benzene rings is 3. The van der Waals surface area contributed by atoms with Crippen molar-refractivity contribution >= 4 is 15.9 Å². The molecule has 6 heteroatoms. The molecule has 1 aliphatic carbocycles. The van der Waals surface area contributed by atoms with Gasteiger partial charge in [0, 0.05) is 12.6 Å². The summed E-state index contributed by atoms with van der Waals surface area (Å²) in [4.78, 5) is 12.7. The quantitative estimate of drug-likeness (QED) is 0.399. The van der Waals surface area contributed by atoms with Crippen molar-refractivity contribution < 1.29 is 13.2 Å². The second kappa shape index (κ2) is 11.4. The third kappa shape index (κ3) is 5.88. The van der Waals surface area contributed by atoms with Gasteiger partial charge in [0.05, 0.1) is 10.8 Å². The van der Waals surface area contributed by atoms with Crippen LogP contribution in [0, 0.1) is 18.8 Å². The van der Waals surface area contributed by atoms with Crippen molar-refractivity contribution in [3.63, 3.8) is 0 Å². The molecule has 3 aromatic carbocycles. The van der Waals surface area contributed by atoms with E-state index < -0.39 is 10.0 Å². The second-order valence-corrected chi connectivity index (χ2v) is 11.9. The Morgan fingerprint density at radius 1 is 0.861 bits per heavy atom. The van der Waals surface area contributed by atoms with Crippen LogP contribution in [0.3, 0.4) is 0 Å². The molecule has 0 bridgehead atoms. The van der Waals surface area contributed by atoms with E-state index in [0.717, 1.165) is 42.4 Å². The molecule has 4 rings (SSSR count). The van der Waals surface area contributed by atoms with E-state index in [9.17, 15) is 13.2 Å². The molecule has 1 aliphatic rings. The molecule has 1 saturated carbocycles. The van der Waals surface area contributed by atoms with Crippen molar-refractivity contribution in [2.75, 3.05) is 6.54 Å². The fourth-order valence-electron chi connectivity index (χ4n) is 5.49. The molecule has 3 aromatic rings. The normalized spacial score (nSPS) is 20.1. The van der Waals surface area contributed by atoms with Gasteiger partial charge in [0.1, 0.15) is 0 Å². The molecule has 0 heterocycles. The Morgan fingerprint density at radius 3 is 1.97 bits per heavy atom. The molecule has 5 nitrogen and oxygen atoms in total. The summed E-state index contributed by atoms with van der Waals surface area (Å²) in [5.41, 5.74) is 8.95. The monoisotopic (exact) mass is 504 g/mol. The first-order valence-electron chi connectivity index (χ1n) is 12.7. The zero-order chi connectivity index (χ0) is 25.7. The van der Waals surface area contributed by atoms with Crippen LogP contribution in [0.1, 0.15) is 61.3 Å². The molecule has 2 N–H and O–H groups in total. The van der Waals surface area contributed by atoms with Gasteiger partial charge in [-0.1, -0.05) is 78.4 Å². The van der Waals surface area contributed by atoms with Crippen LogP contribution in [0.25, 0.3) is 0 Å². The average molecular weight is 505 g/mol. The second-order valence-electron chi connectivity index (χ2n) is 10.0. The highest BCUT2D eigenvalue weighted by Gasteiger charge is 2.36. The summed E-state index contributed by atoms with van der Waals surface area (Å²) in [6.45, 7) is 4.44. The van der Waals surface area contributed by atoms with Crippen LogP contribution in [0.2, 0.25) is 0 Å². The predicted octanol–water partition coefficient (Wildman–Crippen LogP) is 5.82. The first-order valence-corrected chi connectivity index (χ1v) is 14.2. The van der Waals surface area contributed by atoms with Gasteiger partial charge in [-0.2, -0.15) is 4.31 Å². The van der Waals surface area contributed by atoms with Crippen molar-refractivity contribution in [2.24, 2.45) is 17.6 Å². The lowest BCUT2D eigenvalue weighted by Gasteiger charge is -2.37. The first-order chi connectivity index (χ1) is 17.3. The van der Waals surface area contributed by atoms with Crippen LogP contribution < -0.4 is 5.73 Å². The van der Waals surface area contributed by atoms with Crippen LogP contribution in [0.4, 0.5) is 0 Å². The molecule has 0 aromatic heterocycles. The van der Waals surface area contributed by atoms with E-state index in [2.05, 4.69) is 0 Å². The summed E-state index contributed by atoms with van der Waals surface area (Å²) >= 11 is 0. The molecular weight excluding hydrogens is 468 g/mol. The summed E-state index contributed by atoms with van der Waals surface area (Å²) in [7, 11) is -3.68. The molecule has 0 aliphatic heterocycles. The van der Waals surface area contributed by atoms with Crippen molar-refractivity contribution in [2.45, 2.75) is 56.4 Å². The zero-order valence-corrected chi connectivity index (χ0v) is 21.9. The maximum absolute atomic E-state index is 13.8. The van der Waals surface area contributed by atoms with Gasteiger partial charge in [-0.3, -0.25) is 4.79 Å². The molecule has 190 valence electrons. The minimum atomic E-state index is -3.68. The van der Waals surface area contributed by atoms with Crippen molar-refractivity contribution in [1.29, 1.82) is 0 Å². The summed E-state index contributed by atoms with van der Waals surface area (Å²) in [6.07, 6.45) is 3.43. The van der Waals surface area contributed by atoms with Gasteiger partial charge < -0.3 is 5.73 Å². The Hall–Kier alpha value is -2.96. The molecular formula is C30H36N2O3S. The van der Waals surface area contributed by atoms with Crippen LogP contribution >= 0.6 is 0 Å². The topological polar surface area (TPSA) is 80.5 Å². The first kappa shape index (κ1) is 26.1. The molecule has 0 radical (unpaired) electrons. The van der Waals surface area contributed by atoms with Gasteiger partial charge in [-0.05, 0) is 74.6 Å². The van der Waals surface area contributed by atoms with Crippen LogP contribution in [0.15, 0.2) is 89.8 Å². The Labute approximate surface area is 215 Å². The molecule has 1 fully saturated rings. The van der Waals surface area contributed by atoms with E-state index in [1.165, 1.54) is 0 Å². The summed E-state index contributed by atoms with van der Waals surface area (Å²) in [5.74, 6) is -0.197. The lowest BCUT2D eigenvalue weighted by atomic mass is 9.73. The van der Waals surface area contributed by atoms with Crippen LogP contribution in [0.5, 0.6) is 0 Å². The fourth-order valence-corrected chi connectivity index (χ4v) is 7.21. The Kier molecular flexibility index (Phi) is 8.27. The van der Waals surface area contributed by atoms with Crippen molar-refractivity contribution in [3.8, 4) is 0 Å². The summed E-state index contributed by atoms with van der Waals surface area (Å²) in [5, 5.41) is 0. The van der Waals surface area contributed by atoms with Gasteiger partial charge in [0.25, 0.3) is 0 Å². The Morgan fingerprint density at radius 2 is 1.42 bits per heavy atom. The Balaban J connectivity index is 1.53. The van der Waals surface area contributed by atoms with Crippen LogP contribution in [-0.2, 0) is 14.8 Å². The largest absolute Gasteiger partial charge is 0.369 e. The standard InChI is InChI=1S/C30H36N2O3S/c1-22-13-17-26(18-14-22)29(30(31)33)27-19-15-24(16-20-27)21-32(23(2)25-9-5-3-6-10-25)36(34,35)28-11-7-4-8-12-28/h3-14,17-18,23-24,27,29H,15-16,19-21H2,1-2H3,(H2,31,33)/t23-,24?,27?,29?/m0/s1. The van der Waals surface area contributed by atoms with Gasteiger partial charge in [-0.15, -0.1) is 0 Å². The zero-order valence-electron chi connectivity index (χ0n) is 21.1. The minimum absolute atomic E-state index is 0.173. The number of rotatable bonds is 9. The number of hydrogen-bond donors (Lipinski definition) is 1. The number of amides is 1. The lowest BCUT2D eigenvalue weighted by molar-refractivity contribution is -0.121. The number of aryl methyl sites for hydroxylation is 1. The minimum Gasteiger partial charge on any atom is -0.369 e. The number of carbonyl (C=O) groups is 1. The lowest BCUT2D eigenvalue weighted by Crippen LogP contribution is -2.39. The summed E-state index contributed by atoms with van der Waals surface area (Å²) < 4.78 is 29.2. The van der Waals surface area contributed by atoms with E-state index in [4.69, 9.17) is 5.73 Å². The summed E-state index contributed by atoms with van der Waals surface area (Å²) in [6, 6.07) is 26.2. The highest BCUT2D eigenvalue weighted by Crippen LogP contribution is 2.40. The SMILES string of the molecule is Cc1ccc(C(C(N)=O)C2CCC(CN([C@@H](C)c3ccccc3)S(=O)(=O)c3ccccc3)CC2)cc1. The molecule has 36 heavy (non-hydrogen) atoms. The molecule has 2 atom stereocenters. The van der Waals surface area contributed by atoms with Crippen LogP contribution in [-0.4, -0.2) is 25.2 Å². The third-order valence-corrected chi connectivity index (χ3v) is 9.56. The van der Waals surface area contributed by atoms with E-state index in [-0.39, 0.29) is 29.7 Å². The number of primary amides is 1. The molecule has 0 spiro atoms. The van der Waals surface area contributed by atoms with Gasteiger partial charge in [-0.25, -0.2) is 8.42 Å². The van der Waals surface area contributed by atoms with Crippen molar-refractivity contribution in [3.05, 3.63) is 102 Å². The van der Waals surface area contributed by atoms with E-state index in [1.54, 1.807) is 28.6 Å². The molecule has 0 saturated heterocycles. The number of hydrogen-bond acceptors (Lipinski definition) is 3. The Bertz CT molecular complexity index is 1240. The van der Waals surface area contributed by atoms with E-state index in [0.29, 0.717) is 11.4 Å². The van der Waals surface area contributed by atoms with Gasteiger partial charge >= 0.3 is 0 Å². The highest BCUT2D eigenvalue weighted by atomic mass is 32.2. The van der Waals surface area contributed by atoms with E-state index in [1.807, 2.05) is 74.5 Å². The van der Waals surface area contributed by atoms with E-state index >= 15 is 0 Å². The third-order valence-electron chi connectivity index (χ3n) is 7.61. The molecule has 1 unspecified atom stereocenters. The predicted molar refractivity (Wildman–Crippen MR) is 144 cm³/mol. The van der Waals surface area contributed by atoms with Crippen molar-refractivity contribution in [1.82, 2.24) is 4.31 Å². The maximum atomic E-state index is 13.8. The smallest absolute Gasteiger partial charge is 0.243 e. The van der Waals surface area contributed by atoms with Gasteiger partial charge in [0.15, 0.2) is 0 Å². The fraction of sp³-hybridized carbons (Fsp3) is 0.367. The maximum Gasteiger partial charge on any atom is 0.243 e. The van der Waals surface area contributed by atoms with Gasteiger partial charge in [0.2, 0.25) is 15.9 Å². The number of carbonyl (C=O) groups excluding carboxylic acids is 1. The number of nitrogens with two attached hydrogens (primary N) is 1. The number of nitrogens with zero attached hydrogens (tertiary/aromatic N) is 1. The molecule has 1 amide bonds.